The fourth-order valence-electron chi connectivity index (χ4n) is 2.45. The minimum atomic E-state index is -0.330. The first kappa shape index (κ1) is 17.3. The number of benzene rings is 1. The quantitative estimate of drug-likeness (QED) is 0.563. The number of pyridine rings is 1. The molecule has 4 rings (SSSR count). The van der Waals surface area contributed by atoms with Gasteiger partial charge >= 0.3 is 6.03 Å². The third-order valence-corrected chi connectivity index (χ3v) is 3.83. The fourth-order valence-corrected chi connectivity index (χ4v) is 2.45. The van der Waals surface area contributed by atoms with Crippen LogP contribution in [-0.2, 0) is 6.54 Å². The van der Waals surface area contributed by atoms with Gasteiger partial charge in [0.15, 0.2) is 0 Å². The molecule has 0 spiro atoms. The summed E-state index contributed by atoms with van der Waals surface area (Å²) in [6.07, 6.45) is 4.55. The van der Waals surface area contributed by atoms with Crippen LogP contribution in [0.3, 0.4) is 0 Å². The Hall–Kier alpha value is -4.08. The summed E-state index contributed by atoms with van der Waals surface area (Å²) < 4.78 is 10.4. The number of nitrogens with one attached hydrogen (secondary N) is 1. The number of aromatic nitrogens is 5. The standard InChI is InChI=1S/C18H15N7O3/c1-25(10-15-22-16(24-28-15)13-5-3-7-19-9-13)18(26)21-14-6-2-4-12(8-14)17-23-20-11-27-17/h2-9,11H,10H2,1H3,(H,21,26). The van der Waals surface area contributed by atoms with Crippen LogP contribution in [0.25, 0.3) is 22.8 Å². The number of anilines is 1. The van der Waals surface area contributed by atoms with E-state index >= 15 is 0 Å². The van der Waals surface area contributed by atoms with E-state index in [2.05, 4.69) is 30.6 Å². The number of rotatable bonds is 5. The summed E-state index contributed by atoms with van der Waals surface area (Å²) in [5.41, 5.74) is 2.03. The molecule has 0 aliphatic heterocycles. The molecule has 0 aliphatic carbocycles. The normalized spacial score (nSPS) is 10.6. The van der Waals surface area contributed by atoms with E-state index in [-0.39, 0.29) is 12.6 Å². The van der Waals surface area contributed by atoms with Gasteiger partial charge < -0.3 is 19.2 Å². The van der Waals surface area contributed by atoms with E-state index in [9.17, 15) is 4.79 Å². The predicted octanol–water partition coefficient (Wildman–Crippen LogP) is 2.85. The molecule has 4 aromatic rings. The van der Waals surface area contributed by atoms with E-state index in [0.717, 1.165) is 5.56 Å². The average Bonchev–Trinajstić information content (AvgIpc) is 3.41. The average molecular weight is 377 g/mol. The fraction of sp³-hybridized carbons (Fsp3) is 0.111. The first-order chi connectivity index (χ1) is 13.7. The zero-order valence-corrected chi connectivity index (χ0v) is 14.8. The van der Waals surface area contributed by atoms with Crippen molar-refractivity contribution >= 4 is 11.7 Å². The monoisotopic (exact) mass is 377 g/mol. The Labute approximate surface area is 159 Å². The first-order valence-corrected chi connectivity index (χ1v) is 8.31. The van der Waals surface area contributed by atoms with Gasteiger partial charge in [-0.25, -0.2) is 4.79 Å². The van der Waals surface area contributed by atoms with Gasteiger partial charge in [-0.05, 0) is 30.3 Å². The highest BCUT2D eigenvalue weighted by atomic mass is 16.5. The Balaban J connectivity index is 1.40. The summed E-state index contributed by atoms with van der Waals surface area (Å²) in [6.45, 7) is 0.155. The maximum absolute atomic E-state index is 12.5. The molecular weight excluding hydrogens is 362 g/mol. The van der Waals surface area contributed by atoms with Crippen molar-refractivity contribution in [3.63, 3.8) is 0 Å². The highest BCUT2D eigenvalue weighted by Gasteiger charge is 2.15. The molecule has 0 saturated carbocycles. The summed E-state index contributed by atoms with van der Waals surface area (Å²) in [6, 6.07) is 10.4. The molecule has 0 unspecified atom stereocenters. The smallest absolute Gasteiger partial charge is 0.322 e. The molecule has 10 heteroatoms. The Kier molecular flexibility index (Phi) is 4.74. The largest absolute Gasteiger partial charge is 0.423 e. The molecule has 0 atom stereocenters. The second kappa shape index (κ2) is 7.66. The zero-order valence-electron chi connectivity index (χ0n) is 14.8. The van der Waals surface area contributed by atoms with Crippen molar-refractivity contribution in [3.05, 3.63) is 61.1 Å². The number of carbonyl (C=O) groups excluding carboxylic acids is 1. The topological polar surface area (TPSA) is 123 Å². The van der Waals surface area contributed by atoms with Gasteiger partial charge in [0, 0.05) is 36.3 Å². The number of hydrogen-bond acceptors (Lipinski definition) is 8. The van der Waals surface area contributed by atoms with E-state index < -0.39 is 0 Å². The van der Waals surface area contributed by atoms with E-state index in [1.54, 1.807) is 43.7 Å². The number of urea groups is 1. The van der Waals surface area contributed by atoms with Gasteiger partial charge in [0.1, 0.15) is 6.54 Å². The third kappa shape index (κ3) is 3.85. The maximum Gasteiger partial charge on any atom is 0.322 e. The molecule has 3 heterocycles. The van der Waals surface area contributed by atoms with Crippen LogP contribution in [0.5, 0.6) is 0 Å². The van der Waals surface area contributed by atoms with Gasteiger partial charge in [0.2, 0.25) is 24.0 Å². The van der Waals surface area contributed by atoms with E-state index in [0.29, 0.717) is 28.9 Å². The number of nitrogens with zero attached hydrogens (tertiary/aromatic N) is 6. The van der Waals surface area contributed by atoms with Gasteiger partial charge in [0.25, 0.3) is 0 Å². The van der Waals surface area contributed by atoms with Gasteiger partial charge in [0.05, 0.1) is 0 Å². The van der Waals surface area contributed by atoms with Crippen molar-refractivity contribution < 1.29 is 13.7 Å². The zero-order chi connectivity index (χ0) is 19.3. The summed E-state index contributed by atoms with van der Waals surface area (Å²) >= 11 is 0. The minimum Gasteiger partial charge on any atom is -0.423 e. The van der Waals surface area contributed by atoms with Crippen molar-refractivity contribution in [2.75, 3.05) is 12.4 Å². The molecule has 140 valence electrons. The van der Waals surface area contributed by atoms with E-state index in [1.165, 1.54) is 11.3 Å². The molecule has 0 radical (unpaired) electrons. The van der Waals surface area contributed by atoms with Crippen LogP contribution in [0.1, 0.15) is 5.89 Å². The molecule has 1 aromatic carbocycles. The Bertz CT molecular complexity index is 1060. The van der Waals surface area contributed by atoms with Crippen LogP contribution in [-0.4, -0.2) is 43.3 Å². The molecule has 0 aliphatic rings. The number of carbonyl (C=O) groups is 1. The third-order valence-electron chi connectivity index (χ3n) is 3.83. The summed E-state index contributed by atoms with van der Waals surface area (Å²) in [5, 5.41) is 14.2. The molecule has 1 N–H and O–H groups in total. The van der Waals surface area contributed by atoms with E-state index in [4.69, 9.17) is 8.94 Å². The SMILES string of the molecule is CN(Cc1nc(-c2cccnc2)no1)C(=O)Nc1cccc(-c2nnco2)c1. The summed E-state index contributed by atoms with van der Waals surface area (Å²) in [7, 11) is 1.63. The molecule has 0 fully saturated rings. The summed E-state index contributed by atoms with van der Waals surface area (Å²) in [5.74, 6) is 1.11. The highest BCUT2D eigenvalue weighted by Crippen LogP contribution is 2.20. The summed E-state index contributed by atoms with van der Waals surface area (Å²) in [4.78, 5) is 22.2. The van der Waals surface area contributed by atoms with Crippen molar-refractivity contribution in [1.82, 2.24) is 30.2 Å². The van der Waals surface area contributed by atoms with Gasteiger partial charge in [-0.1, -0.05) is 11.2 Å². The van der Waals surface area contributed by atoms with Crippen LogP contribution >= 0.6 is 0 Å². The molecule has 28 heavy (non-hydrogen) atoms. The van der Waals surface area contributed by atoms with Crippen molar-refractivity contribution in [1.29, 1.82) is 0 Å². The second-order valence-electron chi connectivity index (χ2n) is 5.86. The van der Waals surface area contributed by atoms with Crippen molar-refractivity contribution in [2.24, 2.45) is 0 Å². The molecule has 0 saturated heterocycles. The van der Waals surface area contributed by atoms with Crippen LogP contribution in [0, 0.1) is 0 Å². The van der Waals surface area contributed by atoms with Gasteiger partial charge in [-0.3, -0.25) is 4.98 Å². The molecular formula is C18H15N7O3. The number of hydrogen-bond donors (Lipinski definition) is 1. The number of amides is 2. The lowest BCUT2D eigenvalue weighted by Gasteiger charge is -2.16. The lowest BCUT2D eigenvalue weighted by atomic mass is 10.2. The predicted molar refractivity (Wildman–Crippen MR) is 97.7 cm³/mol. The second-order valence-corrected chi connectivity index (χ2v) is 5.86. The Morgan fingerprint density at radius 1 is 1.21 bits per heavy atom. The lowest BCUT2D eigenvalue weighted by molar-refractivity contribution is 0.213. The lowest BCUT2D eigenvalue weighted by Crippen LogP contribution is -2.30. The minimum absolute atomic E-state index is 0.155. The molecule has 3 aromatic heterocycles. The highest BCUT2D eigenvalue weighted by molar-refractivity contribution is 5.89. The van der Waals surface area contributed by atoms with Gasteiger partial charge in [-0.15, -0.1) is 10.2 Å². The maximum atomic E-state index is 12.5. The Morgan fingerprint density at radius 2 is 2.11 bits per heavy atom. The van der Waals surface area contributed by atoms with Crippen LogP contribution in [0.2, 0.25) is 0 Å². The van der Waals surface area contributed by atoms with Crippen molar-refractivity contribution in [3.8, 4) is 22.8 Å². The first-order valence-electron chi connectivity index (χ1n) is 8.31. The van der Waals surface area contributed by atoms with E-state index in [1.807, 2.05) is 12.1 Å². The molecule has 10 nitrogen and oxygen atoms in total. The van der Waals surface area contributed by atoms with Crippen LogP contribution in [0.4, 0.5) is 10.5 Å². The Morgan fingerprint density at radius 3 is 2.89 bits per heavy atom. The molecule has 0 bridgehead atoms. The van der Waals surface area contributed by atoms with Crippen molar-refractivity contribution in [2.45, 2.75) is 6.54 Å². The van der Waals surface area contributed by atoms with Gasteiger partial charge in [-0.2, -0.15) is 4.98 Å². The van der Waals surface area contributed by atoms with Crippen LogP contribution in [0.15, 0.2) is 64.1 Å². The molecule has 2 amide bonds. The van der Waals surface area contributed by atoms with Crippen LogP contribution < -0.4 is 5.32 Å².